The lowest BCUT2D eigenvalue weighted by atomic mass is 10.0. The quantitative estimate of drug-likeness (QED) is 0.0195. The molecule has 9 nitrogen and oxygen atoms in total. The van der Waals surface area contributed by atoms with Crippen molar-refractivity contribution in [3.05, 3.63) is 48.6 Å². The van der Waals surface area contributed by atoms with Gasteiger partial charge >= 0.3 is 11.9 Å². The van der Waals surface area contributed by atoms with E-state index in [2.05, 4.69) is 62.5 Å². The molecule has 0 aromatic rings. The van der Waals surface area contributed by atoms with Crippen molar-refractivity contribution in [3.8, 4) is 0 Å². The number of esters is 2. The lowest BCUT2D eigenvalue weighted by Gasteiger charge is -2.26. The van der Waals surface area contributed by atoms with Gasteiger partial charge in [-0.15, -0.1) is 0 Å². The van der Waals surface area contributed by atoms with Crippen LogP contribution in [0.4, 0.5) is 0 Å². The summed E-state index contributed by atoms with van der Waals surface area (Å²) in [7, 11) is 5.92. The summed E-state index contributed by atoms with van der Waals surface area (Å²) < 4.78 is 22.6. The van der Waals surface area contributed by atoms with Gasteiger partial charge in [0.25, 0.3) is 0 Å². The Hall–Kier alpha value is -2.75. The zero-order chi connectivity index (χ0) is 52.7. The highest BCUT2D eigenvalue weighted by Gasteiger charge is 2.22. The zero-order valence-electron chi connectivity index (χ0n) is 47.8. The number of nitrogens with zero attached hydrogens (tertiary/aromatic N) is 1. The minimum Gasteiger partial charge on any atom is -0.545 e. The van der Waals surface area contributed by atoms with Crippen molar-refractivity contribution in [1.29, 1.82) is 0 Å². The van der Waals surface area contributed by atoms with E-state index in [0.717, 1.165) is 64.2 Å². The summed E-state index contributed by atoms with van der Waals surface area (Å²) in [4.78, 5) is 37.0. The average Bonchev–Trinajstić information content (AvgIpc) is 3.35. The summed E-state index contributed by atoms with van der Waals surface area (Å²) in [5.74, 6) is -2.27. The molecule has 0 bridgehead atoms. The van der Waals surface area contributed by atoms with Crippen molar-refractivity contribution in [2.45, 2.75) is 289 Å². The molecule has 0 amide bonds. The van der Waals surface area contributed by atoms with Crippen molar-refractivity contribution in [3.63, 3.8) is 0 Å². The number of aliphatic carboxylic acids is 1. The van der Waals surface area contributed by atoms with E-state index < -0.39 is 24.3 Å². The van der Waals surface area contributed by atoms with Crippen molar-refractivity contribution in [2.24, 2.45) is 0 Å². The molecule has 0 spiro atoms. The van der Waals surface area contributed by atoms with Gasteiger partial charge in [0.05, 0.1) is 40.3 Å². The molecule has 0 aliphatic rings. The number of carbonyl (C=O) groups excluding carboxylic acids is 3. The number of hydrogen-bond donors (Lipinski definition) is 0. The second-order valence-electron chi connectivity index (χ2n) is 21.6. The maximum atomic E-state index is 12.8. The van der Waals surface area contributed by atoms with Gasteiger partial charge in [-0.05, 0) is 51.4 Å². The van der Waals surface area contributed by atoms with E-state index >= 15 is 0 Å². The highest BCUT2D eigenvalue weighted by molar-refractivity contribution is 5.70. The zero-order valence-corrected chi connectivity index (χ0v) is 47.8. The fourth-order valence-electron chi connectivity index (χ4n) is 8.71. The fraction of sp³-hybridized carbons (Fsp3) is 0.825. The van der Waals surface area contributed by atoms with Crippen LogP contribution in [0.3, 0.4) is 0 Å². The molecule has 0 aromatic heterocycles. The molecule has 0 aromatic carbocycles. The molecule has 0 saturated carbocycles. The second kappa shape index (κ2) is 54.5. The van der Waals surface area contributed by atoms with Crippen molar-refractivity contribution >= 4 is 17.9 Å². The molecule has 420 valence electrons. The SMILES string of the molecule is CC/C=C\C/C=C\C/C=C\C/C=C\CCCCCCCCCCCCCCCCCCCCCCCCCCCCC(=O)OC(COC(=O)CCCCCCCCCC)COC(OCC[N+](C)(C)C)C(=O)[O-]. The number of rotatable bonds is 56. The Labute approximate surface area is 444 Å². The number of unbranched alkanes of at least 4 members (excludes halogenated alkanes) is 33. The van der Waals surface area contributed by atoms with Gasteiger partial charge in [0, 0.05) is 12.8 Å². The molecular formula is C63H115NO8. The minimum atomic E-state index is -1.62. The average molecular weight is 1010 g/mol. The maximum Gasteiger partial charge on any atom is 0.306 e. The molecule has 0 radical (unpaired) electrons. The van der Waals surface area contributed by atoms with E-state index in [1.54, 1.807) is 0 Å². The van der Waals surface area contributed by atoms with Gasteiger partial charge in [-0.25, -0.2) is 0 Å². The van der Waals surface area contributed by atoms with Crippen LogP contribution in [-0.2, 0) is 33.3 Å². The summed E-state index contributed by atoms with van der Waals surface area (Å²) in [5, 5.41) is 11.7. The molecule has 0 N–H and O–H groups in total. The smallest absolute Gasteiger partial charge is 0.306 e. The first kappa shape index (κ1) is 69.2. The Kier molecular flexibility index (Phi) is 52.4. The molecule has 0 fully saturated rings. The van der Waals surface area contributed by atoms with Crippen LogP contribution in [0.2, 0.25) is 0 Å². The number of allylic oxidation sites excluding steroid dienone is 8. The lowest BCUT2D eigenvalue weighted by Crippen LogP contribution is -2.44. The fourth-order valence-corrected chi connectivity index (χ4v) is 8.71. The Morgan fingerprint density at radius 3 is 1.18 bits per heavy atom. The van der Waals surface area contributed by atoms with Crippen LogP contribution in [0.25, 0.3) is 0 Å². The number of carboxylic acids is 1. The Bertz CT molecular complexity index is 1320. The molecule has 0 heterocycles. The number of ether oxygens (including phenoxy) is 4. The largest absolute Gasteiger partial charge is 0.545 e. The first-order valence-corrected chi connectivity index (χ1v) is 30.3. The number of carbonyl (C=O) groups is 3. The summed E-state index contributed by atoms with van der Waals surface area (Å²) in [6.45, 7) is 4.62. The van der Waals surface area contributed by atoms with Crippen LogP contribution in [-0.4, -0.2) is 82.3 Å². The van der Waals surface area contributed by atoms with E-state index in [4.69, 9.17) is 18.9 Å². The molecule has 72 heavy (non-hydrogen) atoms. The van der Waals surface area contributed by atoms with E-state index in [1.165, 1.54) is 186 Å². The second-order valence-corrected chi connectivity index (χ2v) is 21.6. The number of likely N-dealkylation sites (N-methyl/N-ethyl adjacent to an activating group) is 1. The molecule has 9 heteroatoms. The van der Waals surface area contributed by atoms with E-state index in [1.807, 2.05) is 21.1 Å². The molecule has 0 rings (SSSR count). The van der Waals surface area contributed by atoms with Crippen LogP contribution >= 0.6 is 0 Å². The van der Waals surface area contributed by atoms with Crippen LogP contribution in [0, 0.1) is 0 Å². The molecule has 2 atom stereocenters. The molecule has 0 aliphatic carbocycles. The highest BCUT2D eigenvalue weighted by Crippen LogP contribution is 2.17. The number of quaternary nitrogens is 1. The van der Waals surface area contributed by atoms with Crippen molar-refractivity contribution < 1.29 is 42.9 Å². The third-order valence-electron chi connectivity index (χ3n) is 13.3. The molecule has 0 saturated heterocycles. The van der Waals surface area contributed by atoms with Crippen LogP contribution in [0.1, 0.15) is 277 Å². The van der Waals surface area contributed by atoms with Gasteiger partial charge in [0.15, 0.2) is 12.4 Å². The predicted octanol–water partition coefficient (Wildman–Crippen LogP) is 16.5. The molecule has 0 aliphatic heterocycles. The minimum absolute atomic E-state index is 0.150. The summed E-state index contributed by atoms with van der Waals surface area (Å²) in [5.41, 5.74) is 0. The Balaban J connectivity index is 3.84. The number of hydrogen-bond acceptors (Lipinski definition) is 8. The standard InChI is InChI=1S/C63H115NO8/c1-6-8-10-12-14-16-17-18-19-20-21-22-23-24-25-26-27-28-29-30-31-32-33-34-35-36-37-38-39-40-41-42-43-44-45-46-48-50-52-54-61(66)72-59(58-71-63(62(67)68)69-56-55-64(3,4)5)57-70-60(65)53-51-49-47-15-13-11-9-7-2/h8,10,14,16,18-19,21-22,59,63H,6-7,9,11-13,15,17,20,23-58H2,1-5H3/b10-8-,16-14-,19-18-,22-21-. The molecule has 2 unspecified atom stereocenters. The summed E-state index contributed by atoms with van der Waals surface area (Å²) >= 11 is 0. The lowest BCUT2D eigenvalue weighted by molar-refractivity contribution is -0.870. The monoisotopic (exact) mass is 1010 g/mol. The first-order chi connectivity index (χ1) is 35.1. The number of carboxylic acid groups (broad SMARTS) is 1. The van der Waals surface area contributed by atoms with Gasteiger partial charge in [0.1, 0.15) is 13.2 Å². The van der Waals surface area contributed by atoms with E-state index in [-0.39, 0.29) is 32.2 Å². The molecular weight excluding hydrogens is 899 g/mol. The summed E-state index contributed by atoms with van der Waals surface area (Å²) in [6, 6.07) is 0. The van der Waals surface area contributed by atoms with Gasteiger partial charge < -0.3 is 33.3 Å². The van der Waals surface area contributed by atoms with Crippen LogP contribution < -0.4 is 5.11 Å². The van der Waals surface area contributed by atoms with Crippen LogP contribution in [0.15, 0.2) is 48.6 Å². The first-order valence-electron chi connectivity index (χ1n) is 30.3. The maximum absolute atomic E-state index is 12.8. The Morgan fingerprint density at radius 1 is 0.431 bits per heavy atom. The van der Waals surface area contributed by atoms with Gasteiger partial charge in [-0.3, -0.25) is 9.59 Å². The highest BCUT2D eigenvalue weighted by atomic mass is 16.7. The predicted molar refractivity (Wildman–Crippen MR) is 302 cm³/mol. The van der Waals surface area contributed by atoms with Crippen molar-refractivity contribution in [1.82, 2.24) is 0 Å². The normalized spacial score (nSPS) is 13.1. The van der Waals surface area contributed by atoms with Crippen LogP contribution in [0.5, 0.6) is 0 Å². The third-order valence-corrected chi connectivity index (χ3v) is 13.3. The third kappa shape index (κ3) is 55.0. The van der Waals surface area contributed by atoms with Gasteiger partial charge in [0.2, 0.25) is 0 Å². The van der Waals surface area contributed by atoms with Gasteiger partial charge in [-0.2, -0.15) is 0 Å². The van der Waals surface area contributed by atoms with E-state index in [9.17, 15) is 19.5 Å². The van der Waals surface area contributed by atoms with Gasteiger partial charge in [-0.1, -0.05) is 262 Å². The van der Waals surface area contributed by atoms with E-state index in [0.29, 0.717) is 17.4 Å². The van der Waals surface area contributed by atoms with Crippen molar-refractivity contribution in [2.75, 3.05) is 47.5 Å². The summed E-state index contributed by atoms with van der Waals surface area (Å²) in [6.07, 6.45) is 65.1. The topological polar surface area (TPSA) is 111 Å². The Morgan fingerprint density at radius 2 is 0.792 bits per heavy atom.